The van der Waals surface area contributed by atoms with Crippen LogP contribution in [0.3, 0.4) is 0 Å². The van der Waals surface area contributed by atoms with E-state index in [-0.39, 0.29) is 5.56 Å². The van der Waals surface area contributed by atoms with Gasteiger partial charge in [-0.25, -0.2) is 4.79 Å². The molecule has 1 rings (SSSR count). The topological polar surface area (TPSA) is 89.9 Å². The molecule has 1 aromatic rings. The predicted octanol–water partition coefficient (Wildman–Crippen LogP) is 1.45. The second kappa shape index (κ2) is 7.08. The number of hydrogen-bond acceptors (Lipinski definition) is 6. The zero-order chi connectivity index (χ0) is 15.1. The van der Waals surface area contributed by atoms with Crippen LogP contribution in [0.4, 0.5) is 0 Å². The highest BCUT2D eigenvalue weighted by molar-refractivity contribution is 6.13. The number of aliphatic hydroxyl groups excluding tert-OH is 1. The first-order valence-electron chi connectivity index (χ1n) is 5.67. The summed E-state index contributed by atoms with van der Waals surface area (Å²) in [7, 11) is 2.48. The van der Waals surface area contributed by atoms with Gasteiger partial charge in [-0.15, -0.1) is 0 Å². The Labute approximate surface area is 115 Å². The Bertz CT molecular complexity index is 559. The fourth-order valence-corrected chi connectivity index (χ4v) is 1.50. The van der Waals surface area contributed by atoms with Crippen molar-refractivity contribution in [1.82, 2.24) is 0 Å². The van der Waals surface area contributed by atoms with E-state index in [9.17, 15) is 19.5 Å². The summed E-state index contributed by atoms with van der Waals surface area (Å²) in [6.07, 6.45) is 0.181. The lowest BCUT2D eigenvalue weighted by molar-refractivity contribution is -0.139. The summed E-state index contributed by atoms with van der Waals surface area (Å²) in [5, 5.41) is 9.20. The number of benzene rings is 1. The average molecular weight is 278 g/mol. The third-order valence-corrected chi connectivity index (χ3v) is 2.43. The van der Waals surface area contributed by atoms with Crippen molar-refractivity contribution in [2.24, 2.45) is 0 Å². The van der Waals surface area contributed by atoms with E-state index in [1.54, 1.807) is 18.2 Å². The number of allylic oxidation sites excluding steroid dienone is 1. The third kappa shape index (κ3) is 3.94. The van der Waals surface area contributed by atoms with Crippen LogP contribution in [0.5, 0.6) is 5.75 Å². The highest BCUT2D eigenvalue weighted by Crippen LogP contribution is 2.19. The van der Waals surface area contributed by atoms with Crippen molar-refractivity contribution in [3.8, 4) is 5.75 Å². The van der Waals surface area contributed by atoms with Gasteiger partial charge in [0.25, 0.3) is 0 Å². The lowest BCUT2D eigenvalue weighted by Crippen LogP contribution is -2.11. The van der Waals surface area contributed by atoms with Crippen molar-refractivity contribution in [1.29, 1.82) is 0 Å². The molecular formula is C14H14O6. The SMILES string of the molecule is COC(=O)C(O)=CC(=O)CC(=O)c1ccccc1OC. The van der Waals surface area contributed by atoms with Crippen LogP contribution in [-0.4, -0.2) is 36.9 Å². The number of carbonyl (C=O) groups is 3. The smallest absolute Gasteiger partial charge is 0.373 e. The predicted molar refractivity (Wildman–Crippen MR) is 69.7 cm³/mol. The van der Waals surface area contributed by atoms with Gasteiger partial charge in [0.2, 0.25) is 5.76 Å². The molecule has 20 heavy (non-hydrogen) atoms. The Balaban J connectivity index is 2.81. The van der Waals surface area contributed by atoms with Crippen LogP contribution in [-0.2, 0) is 14.3 Å². The highest BCUT2D eigenvalue weighted by atomic mass is 16.5. The van der Waals surface area contributed by atoms with Crippen molar-refractivity contribution in [2.45, 2.75) is 6.42 Å². The minimum atomic E-state index is -1.04. The summed E-state index contributed by atoms with van der Waals surface area (Å²) in [5.74, 6) is -2.70. The standard InChI is InChI=1S/C14H14O6/c1-19-13-6-4-3-5-10(13)11(16)7-9(15)8-12(17)14(18)20-2/h3-6,8,17H,7H2,1-2H3. The van der Waals surface area contributed by atoms with Crippen molar-refractivity contribution >= 4 is 17.5 Å². The van der Waals surface area contributed by atoms with Crippen molar-refractivity contribution in [3.05, 3.63) is 41.7 Å². The van der Waals surface area contributed by atoms with Gasteiger partial charge in [0, 0.05) is 6.08 Å². The second-order valence-corrected chi connectivity index (χ2v) is 3.79. The quantitative estimate of drug-likeness (QED) is 0.278. The number of Topliss-reactive ketones (excluding diaryl/α,β-unsaturated/α-hetero) is 1. The van der Waals surface area contributed by atoms with Gasteiger partial charge >= 0.3 is 5.97 Å². The molecule has 0 aliphatic carbocycles. The summed E-state index contributed by atoms with van der Waals surface area (Å²) in [6.45, 7) is 0. The van der Waals surface area contributed by atoms with Gasteiger partial charge in [0.1, 0.15) is 5.75 Å². The molecule has 0 heterocycles. The van der Waals surface area contributed by atoms with Crippen LogP contribution in [0.25, 0.3) is 0 Å². The van der Waals surface area contributed by atoms with Crippen LogP contribution in [0.15, 0.2) is 36.1 Å². The van der Waals surface area contributed by atoms with E-state index in [0.29, 0.717) is 11.8 Å². The van der Waals surface area contributed by atoms with Crippen molar-refractivity contribution in [2.75, 3.05) is 14.2 Å². The molecule has 0 saturated heterocycles. The number of hydrogen-bond donors (Lipinski definition) is 1. The lowest BCUT2D eigenvalue weighted by Gasteiger charge is -2.05. The van der Waals surface area contributed by atoms with E-state index in [2.05, 4.69) is 4.74 Å². The van der Waals surface area contributed by atoms with Gasteiger partial charge in [-0.1, -0.05) is 12.1 Å². The summed E-state index contributed by atoms with van der Waals surface area (Å²) in [6, 6.07) is 6.46. The number of carbonyl (C=O) groups excluding carboxylic acids is 3. The first-order valence-corrected chi connectivity index (χ1v) is 5.67. The van der Waals surface area contributed by atoms with Crippen LogP contribution in [0, 0.1) is 0 Å². The number of rotatable bonds is 6. The van der Waals surface area contributed by atoms with E-state index in [1.165, 1.54) is 13.2 Å². The zero-order valence-corrected chi connectivity index (χ0v) is 11.1. The molecule has 0 unspecified atom stereocenters. The molecule has 0 amide bonds. The maximum atomic E-state index is 11.9. The number of ether oxygens (including phenoxy) is 2. The Morgan fingerprint density at radius 2 is 1.85 bits per heavy atom. The normalized spacial score (nSPS) is 10.8. The van der Waals surface area contributed by atoms with Crippen LogP contribution >= 0.6 is 0 Å². The maximum Gasteiger partial charge on any atom is 0.373 e. The van der Waals surface area contributed by atoms with Gasteiger partial charge < -0.3 is 14.6 Å². The third-order valence-electron chi connectivity index (χ3n) is 2.43. The molecule has 0 aliphatic heterocycles. The fourth-order valence-electron chi connectivity index (χ4n) is 1.50. The molecule has 0 atom stereocenters. The van der Waals surface area contributed by atoms with Gasteiger partial charge in [-0.05, 0) is 12.1 Å². The first kappa shape index (κ1) is 15.4. The van der Waals surface area contributed by atoms with E-state index in [1.807, 2.05) is 0 Å². The highest BCUT2D eigenvalue weighted by Gasteiger charge is 2.16. The second-order valence-electron chi connectivity index (χ2n) is 3.79. The monoisotopic (exact) mass is 278 g/mol. The van der Waals surface area contributed by atoms with E-state index in [4.69, 9.17) is 4.74 Å². The summed E-state index contributed by atoms with van der Waals surface area (Å²) < 4.78 is 9.24. The number of aliphatic hydroxyl groups is 1. The Morgan fingerprint density at radius 3 is 2.45 bits per heavy atom. The van der Waals surface area contributed by atoms with Crippen molar-refractivity contribution < 1.29 is 29.0 Å². The molecule has 0 aliphatic rings. The number of esters is 1. The largest absolute Gasteiger partial charge is 0.502 e. The molecule has 0 saturated carbocycles. The fraction of sp³-hybridized carbons (Fsp3) is 0.214. The Morgan fingerprint density at radius 1 is 1.20 bits per heavy atom. The van der Waals surface area contributed by atoms with E-state index >= 15 is 0 Å². The minimum absolute atomic E-state index is 0.259. The number of methoxy groups -OCH3 is 2. The Kier molecular flexibility index (Phi) is 5.46. The molecule has 6 heteroatoms. The summed E-state index contributed by atoms with van der Waals surface area (Å²) >= 11 is 0. The van der Waals surface area contributed by atoms with Gasteiger partial charge in [0.15, 0.2) is 11.6 Å². The molecule has 1 aromatic carbocycles. The summed E-state index contributed by atoms with van der Waals surface area (Å²) in [5.41, 5.74) is 0.259. The maximum absolute atomic E-state index is 11.9. The molecular weight excluding hydrogens is 264 g/mol. The Hall–Kier alpha value is -2.63. The van der Waals surface area contributed by atoms with E-state index in [0.717, 1.165) is 7.11 Å². The van der Waals surface area contributed by atoms with Crippen LogP contribution in [0.2, 0.25) is 0 Å². The first-order chi connectivity index (χ1) is 9.49. The van der Waals surface area contributed by atoms with Crippen molar-refractivity contribution in [3.63, 3.8) is 0 Å². The van der Waals surface area contributed by atoms with Gasteiger partial charge in [0.05, 0.1) is 26.2 Å². The zero-order valence-electron chi connectivity index (χ0n) is 11.1. The van der Waals surface area contributed by atoms with Gasteiger partial charge in [-0.3, -0.25) is 9.59 Å². The summed E-state index contributed by atoms with van der Waals surface area (Å²) in [4.78, 5) is 34.4. The average Bonchev–Trinajstić information content (AvgIpc) is 2.45. The van der Waals surface area contributed by atoms with Crippen LogP contribution < -0.4 is 4.74 Å². The molecule has 0 radical (unpaired) electrons. The number of para-hydroxylation sites is 1. The minimum Gasteiger partial charge on any atom is -0.502 e. The molecule has 6 nitrogen and oxygen atoms in total. The molecule has 106 valence electrons. The van der Waals surface area contributed by atoms with Gasteiger partial charge in [-0.2, -0.15) is 0 Å². The molecule has 1 N–H and O–H groups in total. The van der Waals surface area contributed by atoms with E-state index < -0.39 is 29.7 Å². The van der Waals surface area contributed by atoms with Crippen LogP contribution in [0.1, 0.15) is 16.8 Å². The lowest BCUT2D eigenvalue weighted by atomic mass is 10.0. The molecule has 0 spiro atoms. The molecule has 0 bridgehead atoms. The molecule has 0 aromatic heterocycles. The molecule has 0 fully saturated rings. The number of ketones is 2.